The number of carbonyl (C=O) groups is 1. The molecular weight excluding hydrogens is 486 g/mol. The van der Waals surface area contributed by atoms with Gasteiger partial charge in [0, 0.05) is 55.3 Å². The Bertz CT molecular complexity index is 1430. The van der Waals surface area contributed by atoms with Crippen LogP contribution in [0, 0.1) is 0 Å². The Morgan fingerprint density at radius 2 is 2.05 bits per heavy atom. The summed E-state index contributed by atoms with van der Waals surface area (Å²) in [5.74, 6) is 1.62. The summed E-state index contributed by atoms with van der Waals surface area (Å²) in [6.07, 6.45) is 9.36. The third-order valence-corrected chi connectivity index (χ3v) is 9.16. The van der Waals surface area contributed by atoms with Crippen molar-refractivity contribution in [1.29, 1.82) is 0 Å². The second-order valence-corrected chi connectivity index (χ2v) is 11.8. The topological polar surface area (TPSA) is 100 Å². The van der Waals surface area contributed by atoms with Gasteiger partial charge in [0.15, 0.2) is 11.4 Å². The van der Waals surface area contributed by atoms with Crippen LogP contribution in [0.3, 0.4) is 0 Å². The number of aromatic amines is 1. The first-order valence-corrected chi connectivity index (χ1v) is 14.1. The first kappa shape index (κ1) is 24.4. The quantitative estimate of drug-likeness (QED) is 0.381. The van der Waals surface area contributed by atoms with E-state index in [-0.39, 0.29) is 5.91 Å². The van der Waals surface area contributed by atoms with Crippen molar-refractivity contribution < 1.29 is 9.53 Å². The number of hydrogen-bond acceptors (Lipinski definition) is 7. The number of carbonyl (C=O) groups excluding carboxylic acids is 1. The Balaban J connectivity index is 1.22. The number of thiazole rings is 1. The van der Waals surface area contributed by atoms with Crippen LogP contribution in [-0.2, 0) is 4.79 Å². The number of nitrogens with zero attached hydrogens (tertiary/aromatic N) is 5. The molecule has 4 aromatic heterocycles. The minimum absolute atomic E-state index is 0.0806. The van der Waals surface area contributed by atoms with Crippen LogP contribution in [0.5, 0.6) is 5.75 Å². The van der Waals surface area contributed by atoms with Crippen LogP contribution in [-0.4, -0.2) is 67.7 Å². The lowest BCUT2D eigenvalue weighted by Crippen LogP contribution is -2.40. The fraction of sp³-hybridized carbons (Fsp3) is 0.556. The minimum Gasteiger partial charge on any atom is -0.493 e. The molecule has 1 aliphatic heterocycles. The van der Waals surface area contributed by atoms with Gasteiger partial charge >= 0.3 is 0 Å². The molecule has 2 aliphatic rings. The largest absolute Gasteiger partial charge is 0.493 e. The monoisotopic (exact) mass is 521 g/mol. The van der Waals surface area contributed by atoms with Gasteiger partial charge in [-0.1, -0.05) is 13.8 Å². The molecule has 1 saturated carbocycles. The molecule has 196 valence electrons. The van der Waals surface area contributed by atoms with Gasteiger partial charge in [-0.15, -0.1) is 11.3 Å². The van der Waals surface area contributed by atoms with Crippen LogP contribution in [0.4, 0.5) is 0 Å². The van der Waals surface area contributed by atoms with E-state index in [1.807, 2.05) is 23.6 Å². The molecule has 9 nitrogen and oxygen atoms in total. The molecule has 6 rings (SSSR count). The zero-order chi connectivity index (χ0) is 25.7. The number of ether oxygens (including phenoxy) is 1. The highest BCUT2D eigenvalue weighted by atomic mass is 32.1. The summed E-state index contributed by atoms with van der Waals surface area (Å²) in [5, 5.41) is 8.69. The molecule has 0 radical (unpaired) electrons. The van der Waals surface area contributed by atoms with E-state index in [0.717, 1.165) is 41.1 Å². The van der Waals surface area contributed by atoms with Crippen molar-refractivity contribution in [2.75, 3.05) is 20.2 Å². The molecule has 1 saturated heterocycles. The lowest BCUT2D eigenvalue weighted by molar-refractivity contribution is -0.119. The fourth-order valence-corrected chi connectivity index (χ4v) is 7.42. The average Bonchev–Trinajstić information content (AvgIpc) is 3.65. The van der Waals surface area contributed by atoms with Crippen molar-refractivity contribution in [3.05, 3.63) is 29.2 Å². The molecule has 0 aromatic carbocycles. The second kappa shape index (κ2) is 9.72. The summed E-state index contributed by atoms with van der Waals surface area (Å²) < 4.78 is 7.37. The van der Waals surface area contributed by atoms with E-state index in [1.54, 1.807) is 24.9 Å². The molecule has 2 N–H and O–H groups in total. The Hall–Kier alpha value is -2.98. The normalized spacial score (nSPS) is 22.9. The van der Waals surface area contributed by atoms with Crippen molar-refractivity contribution >= 4 is 33.2 Å². The van der Waals surface area contributed by atoms with E-state index in [4.69, 9.17) is 9.72 Å². The summed E-state index contributed by atoms with van der Waals surface area (Å²) >= 11 is 1.81. The molecule has 10 heteroatoms. The van der Waals surface area contributed by atoms with Crippen molar-refractivity contribution in [3.8, 4) is 17.0 Å². The van der Waals surface area contributed by atoms with Crippen molar-refractivity contribution in [3.63, 3.8) is 0 Å². The van der Waals surface area contributed by atoms with E-state index < -0.39 is 0 Å². The van der Waals surface area contributed by atoms with Gasteiger partial charge in [0.2, 0.25) is 5.91 Å². The summed E-state index contributed by atoms with van der Waals surface area (Å²) in [5.41, 5.74) is 5.16. The van der Waals surface area contributed by atoms with Gasteiger partial charge in [0.25, 0.3) is 0 Å². The zero-order valence-corrected chi connectivity index (χ0v) is 22.8. The number of methoxy groups -OCH3 is 1. The molecule has 2 fully saturated rings. The summed E-state index contributed by atoms with van der Waals surface area (Å²) in [4.78, 5) is 28.4. The van der Waals surface area contributed by atoms with E-state index in [0.29, 0.717) is 35.3 Å². The molecule has 37 heavy (non-hydrogen) atoms. The molecule has 1 amide bonds. The predicted octanol–water partition coefficient (Wildman–Crippen LogP) is 4.70. The zero-order valence-electron chi connectivity index (χ0n) is 22.0. The maximum absolute atomic E-state index is 11.4. The smallest absolute Gasteiger partial charge is 0.217 e. The van der Waals surface area contributed by atoms with E-state index >= 15 is 0 Å². The van der Waals surface area contributed by atoms with Crippen molar-refractivity contribution in [2.24, 2.45) is 0 Å². The van der Waals surface area contributed by atoms with Crippen LogP contribution in [0.15, 0.2) is 18.6 Å². The number of nitrogens with one attached hydrogen (secondary N) is 2. The van der Waals surface area contributed by atoms with Crippen LogP contribution in [0.25, 0.3) is 27.3 Å². The average molecular weight is 522 g/mol. The van der Waals surface area contributed by atoms with Crippen molar-refractivity contribution in [1.82, 2.24) is 34.8 Å². The molecule has 1 unspecified atom stereocenters. The molecule has 4 aromatic rings. The number of fused-ring (bicyclic) bond motifs is 2. The number of H-pyrrole nitrogens is 1. The second-order valence-electron chi connectivity index (χ2n) is 10.8. The van der Waals surface area contributed by atoms with Crippen LogP contribution in [0.1, 0.15) is 75.3 Å². The Morgan fingerprint density at radius 1 is 1.24 bits per heavy atom. The lowest BCUT2D eigenvalue weighted by Gasteiger charge is -2.34. The maximum Gasteiger partial charge on any atom is 0.217 e. The predicted molar refractivity (Wildman–Crippen MR) is 145 cm³/mol. The number of rotatable bonds is 6. The summed E-state index contributed by atoms with van der Waals surface area (Å²) in [7, 11) is 1.66. The number of aromatic nitrogens is 5. The van der Waals surface area contributed by atoms with Gasteiger partial charge in [-0.25, -0.2) is 14.5 Å². The van der Waals surface area contributed by atoms with Gasteiger partial charge in [0.1, 0.15) is 16.7 Å². The molecule has 0 bridgehead atoms. The Morgan fingerprint density at radius 3 is 2.78 bits per heavy atom. The van der Waals surface area contributed by atoms with Crippen molar-refractivity contribution in [2.45, 2.75) is 76.8 Å². The molecule has 1 aliphatic carbocycles. The number of likely N-dealkylation sites (tertiary alicyclic amines) is 1. The first-order valence-electron chi connectivity index (χ1n) is 13.3. The fourth-order valence-electron chi connectivity index (χ4n) is 6.26. The third-order valence-electron chi connectivity index (χ3n) is 8.02. The number of pyridine rings is 1. The number of hydrogen-bond donors (Lipinski definition) is 2. The van der Waals surface area contributed by atoms with Crippen LogP contribution >= 0.6 is 11.3 Å². The molecular formula is C27H35N7O2S. The van der Waals surface area contributed by atoms with E-state index in [2.05, 4.69) is 39.1 Å². The molecule has 0 spiro atoms. The highest BCUT2D eigenvalue weighted by Crippen LogP contribution is 2.43. The maximum atomic E-state index is 11.4. The van der Waals surface area contributed by atoms with Gasteiger partial charge < -0.3 is 15.0 Å². The van der Waals surface area contributed by atoms with Gasteiger partial charge in [0.05, 0.1) is 17.8 Å². The third kappa shape index (κ3) is 4.50. The highest BCUT2D eigenvalue weighted by Gasteiger charge is 2.33. The standard InChI is InChI=1S/C27H35N7O2S/c1-15(2)22-23(18-11-21(36-4)25-28-14-29-34(25)12-18)31-27-24(22)32-26(37-27)17-5-7-20(8-6-17)33-10-9-19(13-33)30-16(3)35/h11-12,14-15,17,19-20,31H,5-10,13H2,1-4H3,(H,30,35). The van der Waals surface area contributed by atoms with Crippen LogP contribution in [0.2, 0.25) is 0 Å². The van der Waals surface area contributed by atoms with Gasteiger partial charge in [-0.05, 0) is 44.1 Å². The number of amides is 1. The van der Waals surface area contributed by atoms with E-state index in [1.165, 1.54) is 36.3 Å². The summed E-state index contributed by atoms with van der Waals surface area (Å²) in [6, 6.07) is 2.96. The summed E-state index contributed by atoms with van der Waals surface area (Å²) in [6.45, 7) is 8.15. The highest BCUT2D eigenvalue weighted by molar-refractivity contribution is 7.18. The molecule has 1 atom stereocenters. The molecule has 5 heterocycles. The van der Waals surface area contributed by atoms with Gasteiger partial charge in [-0.2, -0.15) is 5.10 Å². The van der Waals surface area contributed by atoms with E-state index in [9.17, 15) is 4.79 Å². The van der Waals surface area contributed by atoms with Crippen LogP contribution < -0.4 is 10.1 Å². The SMILES string of the molecule is COc1cc(-c2[nH]c3sc(C4CCC(N5CCC(NC(C)=O)C5)CC4)nc3c2C(C)C)cn2ncnc12. The van der Waals surface area contributed by atoms with Gasteiger partial charge in [-0.3, -0.25) is 9.69 Å². The Labute approximate surface area is 220 Å². The first-order chi connectivity index (χ1) is 17.9. The lowest BCUT2D eigenvalue weighted by atomic mass is 9.85. The minimum atomic E-state index is 0.0806. The Kier molecular flexibility index (Phi) is 6.40.